The van der Waals surface area contributed by atoms with E-state index in [0.29, 0.717) is 38.1 Å². The molecule has 1 aromatic carbocycles. The van der Waals surface area contributed by atoms with Crippen LogP contribution in [0.25, 0.3) is 0 Å². The van der Waals surface area contributed by atoms with E-state index < -0.39 is 12.1 Å². The van der Waals surface area contributed by atoms with Crippen LogP contribution >= 0.6 is 0 Å². The molecule has 0 aliphatic heterocycles. The van der Waals surface area contributed by atoms with E-state index in [2.05, 4.69) is 19.2 Å². The first kappa shape index (κ1) is 22.3. The van der Waals surface area contributed by atoms with Gasteiger partial charge in [0, 0.05) is 6.42 Å². The van der Waals surface area contributed by atoms with Crippen LogP contribution in [-0.4, -0.2) is 30.3 Å². The summed E-state index contributed by atoms with van der Waals surface area (Å²) in [7, 11) is 0. The van der Waals surface area contributed by atoms with Crippen molar-refractivity contribution in [1.82, 2.24) is 5.32 Å². The van der Waals surface area contributed by atoms with Gasteiger partial charge >= 0.3 is 0 Å². The number of nitrogens with two attached hydrogens (primary N) is 2. The molecule has 0 saturated carbocycles. The molecule has 146 valence electrons. The summed E-state index contributed by atoms with van der Waals surface area (Å²) in [4.78, 5) is 25.0. The highest BCUT2D eigenvalue weighted by molar-refractivity contribution is 5.90. The molecule has 0 aromatic heterocycles. The summed E-state index contributed by atoms with van der Waals surface area (Å²) in [5.74, 6) is 0.416. The summed E-state index contributed by atoms with van der Waals surface area (Å²) in [5, 5.41) is 2.88. The lowest BCUT2D eigenvalue weighted by Crippen LogP contribution is -2.48. The average molecular weight is 362 g/mol. The maximum absolute atomic E-state index is 12.6. The van der Waals surface area contributed by atoms with Gasteiger partial charge in [0.25, 0.3) is 0 Å². The van der Waals surface area contributed by atoms with Crippen molar-refractivity contribution in [3.8, 4) is 0 Å². The van der Waals surface area contributed by atoms with E-state index in [1.54, 1.807) is 0 Å². The van der Waals surface area contributed by atoms with Gasteiger partial charge in [-0.15, -0.1) is 0 Å². The van der Waals surface area contributed by atoms with Crippen LogP contribution in [0.5, 0.6) is 0 Å². The zero-order valence-electron chi connectivity index (χ0n) is 16.2. The molecule has 0 saturated heterocycles. The summed E-state index contributed by atoms with van der Waals surface area (Å²) in [6.07, 6.45) is 4.95. The van der Waals surface area contributed by atoms with E-state index in [1.165, 1.54) is 0 Å². The van der Waals surface area contributed by atoms with Crippen molar-refractivity contribution in [2.45, 2.75) is 70.9 Å². The third-order valence-corrected chi connectivity index (χ3v) is 4.53. The van der Waals surface area contributed by atoms with Crippen LogP contribution in [-0.2, 0) is 16.0 Å². The van der Waals surface area contributed by atoms with Gasteiger partial charge in [0.05, 0.1) is 12.1 Å². The fraction of sp³-hybridized carbons (Fsp3) is 0.619. The van der Waals surface area contributed by atoms with E-state index >= 15 is 0 Å². The average Bonchev–Trinajstić information content (AvgIpc) is 2.63. The smallest absolute Gasteiger partial charge is 0.237 e. The molecule has 2 atom stereocenters. The second kappa shape index (κ2) is 12.6. The number of hydrogen-bond acceptors (Lipinski definition) is 4. The lowest BCUT2D eigenvalue weighted by Gasteiger charge is -2.20. The minimum atomic E-state index is -0.610. The minimum Gasteiger partial charge on any atom is -0.345 e. The molecule has 0 fully saturated rings. The van der Waals surface area contributed by atoms with E-state index in [9.17, 15) is 9.59 Å². The van der Waals surface area contributed by atoms with Gasteiger partial charge < -0.3 is 16.8 Å². The zero-order chi connectivity index (χ0) is 19.4. The molecule has 1 rings (SSSR count). The third kappa shape index (κ3) is 9.11. The molecule has 5 heteroatoms. The molecule has 0 aliphatic carbocycles. The Morgan fingerprint density at radius 2 is 1.73 bits per heavy atom. The van der Waals surface area contributed by atoms with Gasteiger partial charge in [-0.25, -0.2) is 0 Å². The third-order valence-electron chi connectivity index (χ3n) is 4.53. The van der Waals surface area contributed by atoms with Crippen molar-refractivity contribution in [2.75, 3.05) is 6.54 Å². The van der Waals surface area contributed by atoms with Crippen LogP contribution in [0.2, 0.25) is 0 Å². The number of benzene rings is 1. The van der Waals surface area contributed by atoms with Crippen LogP contribution < -0.4 is 16.8 Å². The Bertz CT molecular complexity index is 531. The van der Waals surface area contributed by atoms with Gasteiger partial charge in [0.2, 0.25) is 5.91 Å². The fourth-order valence-electron chi connectivity index (χ4n) is 2.88. The van der Waals surface area contributed by atoms with Gasteiger partial charge in [0.1, 0.15) is 0 Å². The van der Waals surface area contributed by atoms with Crippen LogP contribution in [0.3, 0.4) is 0 Å². The van der Waals surface area contributed by atoms with Gasteiger partial charge in [-0.3, -0.25) is 9.59 Å². The monoisotopic (exact) mass is 361 g/mol. The number of hydrogen-bond donors (Lipinski definition) is 3. The van der Waals surface area contributed by atoms with Crippen molar-refractivity contribution in [1.29, 1.82) is 0 Å². The Labute approximate surface area is 157 Å². The Balaban J connectivity index is 2.64. The predicted octanol–water partition coefficient (Wildman–Crippen LogP) is 2.57. The van der Waals surface area contributed by atoms with Crippen molar-refractivity contribution in [2.24, 2.45) is 17.4 Å². The van der Waals surface area contributed by atoms with Crippen molar-refractivity contribution in [3.05, 3.63) is 35.9 Å². The van der Waals surface area contributed by atoms with E-state index in [1.807, 2.05) is 30.3 Å². The predicted molar refractivity (Wildman–Crippen MR) is 107 cm³/mol. The van der Waals surface area contributed by atoms with Crippen molar-refractivity contribution < 1.29 is 9.59 Å². The first-order valence-electron chi connectivity index (χ1n) is 9.76. The molecule has 0 spiro atoms. The van der Waals surface area contributed by atoms with Crippen LogP contribution in [0, 0.1) is 5.92 Å². The highest BCUT2D eigenvalue weighted by Crippen LogP contribution is 2.12. The SMILES string of the molecule is CC(C)CCCC(=O)[C@@H](CCc1ccccc1)NC(=O)[C@@H](N)CCCN. The quantitative estimate of drug-likeness (QED) is 0.503. The molecule has 1 amide bonds. The van der Waals surface area contributed by atoms with Gasteiger partial charge in [0.15, 0.2) is 5.78 Å². The summed E-state index contributed by atoms with van der Waals surface area (Å²) in [6.45, 7) is 4.80. The van der Waals surface area contributed by atoms with Gasteiger partial charge in [-0.1, -0.05) is 50.6 Å². The molecular weight excluding hydrogens is 326 g/mol. The largest absolute Gasteiger partial charge is 0.345 e. The second-order valence-corrected chi connectivity index (χ2v) is 7.38. The fourth-order valence-corrected chi connectivity index (χ4v) is 2.88. The summed E-state index contributed by atoms with van der Waals surface area (Å²) in [6, 6.07) is 8.92. The molecular formula is C21H35N3O2. The number of aryl methyl sites for hydroxylation is 1. The summed E-state index contributed by atoms with van der Waals surface area (Å²) < 4.78 is 0. The standard InChI is InChI=1S/C21H35N3O2/c1-16(2)8-6-12-20(25)19(14-13-17-9-4-3-5-10-17)24-21(26)18(23)11-7-15-22/h3-5,9-10,16,18-19H,6-8,11-15,22-23H2,1-2H3,(H,24,26)/t18-,19+/m0/s1. The number of Topliss-reactive ketones (excluding diaryl/α,β-unsaturated/α-hetero) is 1. The van der Waals surface area contributed by atoms with Gasteiger partial charge in [-0.05, 0) is 50.1 Å². The summed E-state index contributed by atoms with van der Waals surface area (Å²) in [5.41, 5.74) is 12.6. The Morgan fingerprint density at radius 3 is 2.35 bits per heavy atom. The van der Waals surface area contributed by atoms with Crippen LogP contribution in [0.4, 0.5) is 0 Å². The highest BCUT2D eigenvalue weighted by Gasteiger charge is 2.23. The number of carbonyl (C=O) groups excluding carboxylic acids is 2. The van der Waals surface area contributed by atoms with Gasteiger partial charge in [-0.2, -0.15) is 0 Å². The molecule has 5 nitrogen and oxygen atoms in total. The lowest BCUT2D eigenvalue weighted by atomic mass is 9.97. The molecule has 0 aliphatic rings. The molecule has 0 heterocycles. The normalized spacial score (nSPS) is 13.4. The number of rotatable bonds is 13. The molecule has 0 unspecified atom stereocenters. The molecule has 0 radical (unpaired) electrons. The Hall–Kier alpha value is -1.72. The first-order chi connectivity index (χ1) is 12.4. The minimum absolute atomic E-state index is 0.0981. The zero-order valence-corrected chi connectivity index (χ0v) is 16.2. The topological polar surface area (TPSA) is 98.2 Å². The van der Waals surface area contributed by atoms with E-state index in [0.717, 1.165) is 24.8 Å². The lowest BCUT2D eigenvalue weighted by molar-refractivity contribution is -0.128. The second-order valence-electron chi connectivity index (χ2n) is 7.38. The molecule has 1 aromatic rings. The molecule has 26 heavy (non-hydrogen) atoms. The van der Waals surface area contributed by atoms with Crippen molar-refractivity contribution in [3.63, 3.8) is 0 Å². The Morgan fingerprint density at radius 1 is 1.04 bits per heavy atom. The first-order valence-corrected chi connectivity index (χ1v) is 9.76. The van der Waals surface area contributed by atoms with Crippen LogP contribution in [0.15, 0.2) is 30.3 Å². The molecule has 5 N–H and O–H groups in total. The number of amides is 1. The van der Waals surface area contributed by atoms with Crippen molar-refractivity contribution >= 4 is 11.7 Å². The number of carbonyl (C=O) groups is 2. The van der Waals surface area contributed by atoms with E-state index in [4.69, 9.17) is 11.5 Å². The summed E-state index contributed by atoms with van der Waals surface area (Å²) >= 11 is 0. The Kier molecular flexibility index (Phi) is 10.8. The van der Waals surface area contributed by atoms with Crippen LogP contribution in [0.1, 0.15) is 57.9 Å². The molecule has 0 bridgehead atoms. The maximum atomic E-state index is 12.6. The maximum Gasteiger partial charge on any atom is 0.237 e. The number of ketones is 1. The number of nitrogens with one attached hydrogen (secondary N) is 1. The highest BCUT2D eigenvalue weighted by atomic mass is 16.2. The van der Waals surface area contributed by atoms with E-state index in [-0.39, 0.29) is 11.7 Å².